The highest BCUT2D eigenvalue weighted by Crippen LogP contribution is 2.24. The lowest BCUT2D eigenvalue weighted by molar-refractivity contribution is 0.176. The van der Waals surface area contributed by atoms with Crippen LogP contribution in [0.1, 0.15) is 28.4 Å². The van der Waals surface area contributed by atoms with Crippen molar-refractivity contribution in [3.8, 4) is 0 Å². The normalized spacial score (nSPS) is 12.4. The Morgan fingerprint density at radius 3 is 2.50 bits per heavy atom. The zero-order valence-electron chi connectivity index (χ0n) is 10.7. The van der Waals surface area contributed by atoms with Crippen LogP contribution < -0.4 is 0 Å². The number of aliphatic hydroxyl groups is 1. The van der Waals surface area contributed by atoms with E-state index < -0.39 is 6.10 Å². The molecule has 0 radical (unpaired) electrons. The van der Waals surface area contributed by atoms with Gasteiger partial charge in [-0.25, -0.2) is 4.39 Å². The molecule has 0 aromatic heterocycles. The molecule has 1 N–H and O–H groups in total. The van der Waals surface area contributed by atoms with Gasteiger partial charge in [-0.3, -0.25) is 0 Å². The summed E-state index contributed by atoms with van der Waals surface area (Å²) in [5, 5.41) is 10.2. The number of aliphatic hydroxyl groups excluding tert-OH is 1. The first-order valence-electron chi connectivity index (χ1n) is 6.07. The summed E-state index contributed by atoms with van der Waals surface area (Å²) in [4.78, 5) is 0. The van der Waals surface area contributed by atoms with Crippen molar-refractivity contribution in [1.29, 1.82) is 0 Å². The highest BCUT2D eigenvalue weighted by atomic mass is 19.1. The van der Waals surface area contributed by atoms with E-state index in [4.69, 9.17) is 0 Å². The summed E-state index contributed by atoms with van der Waals surface area (Å²) in [6, 6.07) is 12.4. The predicted molar refractivity (Wildman–Crippen MR) is 71.0 cm³/mol. The Bertz CT molecular complexity index is 549. The molecule has 0 amide bonds. The van der Waals surface area contributed by atoms with E-state index >= 15 is 0 Å². The number of aryl methyl sites for hydroxylation is 1. The van der Waals surface area contributed by atoms with Crippen LogP contribution in [0.2, 0.25) is 0 Å². The van der Waals surface area contributed by atoms with E-state index in [2.05, 4.69) is 0 Å². The molecule has 18 heavy (non-hydrogen) atoms. The molecule has 2 aromatic rings. The molecule has 0 saturated heterocycles. The zero-order chi connectivity index (χ0) is 13.1. The minimum Gasteiger partial charge on any atom is -0.388 e. The molecule has 2 rings (SSSR count). The summed E-state index contributed by atoms with van der Waals surface area (Å²) < 4.78 is 13.5. The van der Waals surface area contributed by atoms with Crippen LogP contribution in [-0.4, -0.2) is 5.11 Å². The summed E-state index contributed by atoms with van der Waals surface area (Å²) in [6.45, 7) is 3.99. The van der Waals surface area contributed by atoms with Crippen LogP contribution in [0, 0.1) is 19.7 Å². The highest BCUT2D eigenvalue weighted by molar-refractivity contribution is 5.35. The maximum absolute atomic E-state index is 13.5. The van der Waals surface area contributed by atoms with Gasteiger partial charge in [-0.05, 0) is 42.2 Å². The largest absolute Gasteiger partial charge is 0.388 e. The minimum absolute atomic E-state index is 0.262. The quantitative estimate of drug-likeness (QED) is 0.872. The third-order valence-corrected chi connectivity index (χ3v) is 3.38. The average molecular weight is 244 g/mol. The summed E-state index contributed by atoms with van der Waals surface area (Å²) in [6.07, 6.45) is -0.362. The van der Waals surface area contributed by atoms with E-state index in [0.717, 1.165) is 16.7 Å². The van der Waals surface area contributed by atoms with Crippen LogP contribution in [0.5, 0.6) is 0 Å². The van der Waals surface area contributed by atoms with Crippen LogP contribution >= 0.6 is 0 Å². The molecule has 1 atom stereocenters. The van der Waals surface area contributed by atoms with Gasteiger partial charge < -0.3 is 5.11 Å². The molecule has 2 heteroatoms. The highest BCUT2D eigenvalue weighted by Gasteiger charge is 2.13. The van der Waals surface area contributed by atoms with E-state index in [-0.39, 0.29) is 5.82 Å². The molecule has 0 fully saturated rings. The second-order valence-electron chi connectivity index (χ2n) is 4.60. The first-order valence-corrected chi connectivity index (χ1v) is 6.07. The first-order chi connectivity index (χ1) is 8.59. The van der Waals surface area contributed by atoms with Crippen molar-refractivity contribution in [3.63, 3.8) is 0 Å². The molecule has 1 unspecified atom stereocenters. The molecule has 0 heterocycles. The second-order valence-corrected chi connectivity index (χ2v) is 4.60. The summed E-state index contributed by atoms with van der Waals surface area (Å²) in [5.74, 6) is -0.262. The molecule has 0 bridgehead atoms. The predicted octanol–water partition coefficient (Wildman–Crippen LogP) is 3.72. The lowest BCUT2D eigenvalue weighted by atomic mass is 9.95. The van der Waals surface area contributed by atoms with Crippen molar-refractivity contribution < 1.29 is 9.50 Å². The summed E-state index contributed by atoms with van der Waals surface area (Å²) >= 11 is 0. The Morgan fingerprint density at radius 2 is 1.78 bits per heavy atom. The van der Waals surface area contributed by atoms with Crippen molar-refractivity contribution in [3.05, 3.63) is 70.5 Å². The van der Waals surface area contributed by atoms with Gasteiger partial charge in [0.15, 0.2) is 0 Å². The van der Waals surface area contributed by atoms with Crippen molar-refractivity contribution in [2.24, 2.45) is 0 Å². The molecule has 0 aliphatic rings. The van der Waals surface area contributed by atoms with E-state index in [9.17, 15) is 9.50 Å². The van der Waals surface area contributed by atoms with Gasteiger partial charge in [-0.15, -0.1) is 0 Å². The number of rotatable bonds is 3. The SMILES string of the molecule is Cc1cccc(C(O)Cc2ccccc2F)c1C. The van der Waals surface area contributed by atoms with Gasteiger partial charge in [-0.1, -0.05) is 36.4 Å². The maximum atomic E-state index is 13.5. The summed E-state index contributed by atoms with van der Waals surface area (Å²) in [7, 11) is 0. The van der Waals surface area contributed by atoms with Gasteiger partial charge in [0.25, 0.3) is 0 Å². The van der Waals surface area contributed by atoms with Gasteiger partial charge in [0.2, 0.25) is 0 Å². The Kier molecular flexibility index (Phi) is 3.78. The van der Waals surface area contributed by atoms with Crippen LogP contribution in [0.4, 0.5) is 4.39 Å². The fourth-order valence-corrected chi connectivity index (χ4v) is 2.12. The Labute approximate surface area is 107 Å². The summed E-state index contributed by atoms with van der Waals surface area (Å²) in [5.41, 5.74) is 3.63. The molecule has 0 aliphatic carbocycles. The molecule has 0 aliphatic heterocycles. The van der Waals surface area contributed by atoms with Gasteiger partial charge in [0.1, 0.15) is 5.82 Å². The van der Waals surface area contributed by atoms with Crippen molar-refractivity contribution >= 4 is 0 Å². The third kappa shape index (κ3) is 2.59. The number of halogens is 1. The molecule has 0 saturated carbocycles. The lowest BCUT2D eigenvalue weighted by Gasteiger charge is -2.15. The number of hydrogen-bond donors (Lipinski definition) is 1. The van der Waals surface area contributed by atoms with Gasteiger partial charge in [-0.2, -0.15) is 0 Å². The minimum atomic E-state index is -0.665. The van der Waals surface area contributed by atoms with E-state index in [1.807, 2.05) is 32.0 Å². The topological polar surface area (TPSA) is 20.2 Å². The first kappa shape index (κ1) is 12.8. The van der Waals surface area contributed by atoms with Crippen molar-refractivity contribution in [1.82, 2.24) is 0 Å². The fraction of sp³-hybridized carbons (Fsp3) is 0.250. The molecular weight excluding hydrogens is 227 g/mol. The second kappa shape index (κ2) is 5.32. The van der Waals surface area contributed by atoms with E-state index in [1.165, 1.54) is 6.07 Å². The Morgan fingerprint density at radius 1 is 1.06 bits per heavy atom. The third-order valence-electron chi connectivity index (χ3n) is 3.38. The Hall–Kier alpha value is -1.67. The number of benzene rings is 2. The van der Waals surface area contributed by atoms with Crippen LogP contribution in [0.3, 0.4) is 0 Å². The molecule has 0 spiro atoms. The maximum Gasteiger partial charge on any atom is 0.126 e. The average Bonchev–Trinajstić information content (AvgIpc) is 2.35. The zero-order valence-corrected chi connectivity index (χ0v) is 10.7. The van der Waals surface area contributed by atoms with Crippen molar-refractivity contribution in [2.75, 3.05) is 0 Å². The molecule has 94 valence electrons. The number of hydrogen-bond acceptors (Lipinski definition) is 1. The molecular formula is C16H17FO. The monoisotopic (exact) mass is 244 g/mol. The van der Waals surface area contributed by atoms with E-state index in [0.29, 0.717) is 12.0 Å². The smallest absolute Gasteiger partial charge is 0.126 e. The molecule has 2 aromatic carbocycles. The Balaban J connectivity index is 2.25. The van der Waals surface area contributed by atoms with Gasteiger partial charge in [0, 0.05) is 6.42 Å². The fourth-order valence-electron chi connectivity index (χ4n) is 2.12. The van der Waals surface area contributed by atoms with Gasteiger partial charge >= 0.3 is 0 Å². The lowest BCUT2D eigenvalue weighted by Crippen LogP contribution is -2.06. The van der Waals surface area contributed by atoms with Crippen LogP contribution in [0.25, 0.3) is 0 Å². The van der Waals surface area contributed by atoms with E-state index in [1.54, 1.807) is 18.2 Å². The van der Waals surface area contributed by atoms with Crippen molar-refractivity contribution in [2.45, 2.75) is 26.4 Å². The molecule has 1 nitrogen and oxygen atoms in total. The van der Waals surface area contributed by atoms with Crippen LogP contribution in [-0.2, 0) is 6.42 Å². The van der Waals surface area contributed by atoms with Gasteiger partial charge in [0.05, 0.1) is 6.10 Å². The van der Waals surface area contributed by atoms with Crippen LogP contribution in [0.15, 0.2) is 42.5 Å². The standard InChI is InChI=1S/C16H17FO/c1-11-6-5-8-14(12(11)2)16(18)10-13-7-3-4-9-15(13)17/h3-9,16,18H,10H2,1-2H3.